The minimum atomic E-state index is 0.0435. The molecule has 0 saturated heterocycles. The predicted octanol–water partition coefficient (Wildman–Crippen LogP) is 2.72. The van der Waals surface area contributed by atoms with Crippen LogP contribution in [-0.2, 0) is 6.42 Å². The van der Waals surface area contributed by atoms with E-state index in [1.807, 2.05) is 24.8 Å². The molecular formula is C14H20N2O. The molecule has 1 heterocycles. The predicted molar refractivity (Wildman–Crippen MR) is 68.9 cm³/mol. The summed E-state index contributed by atoms with van der Waals surface area (Å²) in [6, 6.07) is 8.78. The maximum Gasteiger partial charge on any atom is 0.318 e. The number of amides is 2. The van der Waals surface area contributed by atoms with E-state index in [0.717, 1.165) is 13.0 Å². The van der Waals surface area contributed by atoms with Crippen LogP contribution in [0.3, 0.4) is 0 Å². The van der Waals surface area contributed by atoms with Crippen molar-refractivity contribution in [3.63, 3.8) is 0 Å². The zero-order valence-corrected chi connectivity index (χ0v) is 10.7. The summed E-state index contributed by atoms with van der Waals surface area (Å²) in [6.07, 6.45) is 0.950. The van der Waals surface area contributed by atoms with Crippen molar-refractivity contribution in [3.8, 4) is 0 Å². The first-order chi connectivity index (χ1) is 8.09. The Morgan fingerprint density at radius 2 is 2.12 bits per heavy atom. The summed E-state index contributed by atoms with van der Waals surface area (Å²) in [4.78, 5) is 14.0. The first-order valence-corrected chi connectivity index (χ1v) is 6.24. The topological polar surface area (TPSA) is 32.3 Å². The Morgan fingerprint density at radius 3 is 2.82 bits per heavy atom. The van der Waals surface area contributed by atoms with Crippen LogP contribution in [0.2, 0.25) is 0 Å². The lowest BCUT2D eigenvalue weighted by molar-refractivity contribution is 0.172. The maximum absolute atomic E-state index is 12.0. The van der Waals surface area contributed by atoms with E-state index in [4.69, 9.17) is 0 Å². The van der Waals surface area contributed by atoms with Gasteiger partial charge in [0.15, 0.2) is 0 Å². The van der Waals surface area contributed by atoms with Crippen molar-refractivity contribution in [2.45, 2.75) is 39.3 Å². The fraction of sp³-hybridized carbons (Fsp3) is 0.500. The highest BCUT2D eigenvalue weighted by Crippen LogP contribution is 2.28. The van der Waals surface area contributed by atoms with E-state index in [-0.39, 0.29) is 18.1 Å². The van der Waals surface area contributed by atoms with Gasteiger partial charge in [0.1, 0.15) is 0 Å². The second kappa shape index (κ2) is 4.78. The molecule has 2 amide bonds. The molecule has 0 aliphatic carbocycles. The van der Waals surface area contributed by atoms with Crippen LogP contribution >= 0.6 is 0 Å². The van der Waals surface area contributed by atoms with Crippen LogP contribution in [-0.4, -0.2) is 23.5 Å². The number of carbonyl (C=O) groups excluding carboxylic acids is 1. The largest absolute Gasteiger partial charge is 0.336 e. The maximum atomic E-state index is 12.0. The molecule has 3 nitrogen and oxygen atoms in total. The Morgan fingerprint density at radius 1 is 1.41 bits per heavy atom. The van der Waals surface area contributed by atoms with Gasteiger partial charge in [0.05, 0.1) is 6.04 Å². The third kappa shape index (κ3) is 2.43. The van der Waals surface area contributed by atoms with Gasteiger partial charge in [0.2, 0.25) is 0 Å². The first kappa shape index (κ1) is 12.0. The third-order valence-electron chi connectivity index (χ3n) is 3.27. The van der Waals surface area contributed by atoms with Gasteiger partial charge in [-0.25, -0.2) is 4.79 Å². The lowest BCUT2D eigenvalue weighted by Crippen LogP contribution is -2.46. The standard InChI is InChI=1S/C14H20N2O/c1-10(2)15-14(17)16-9-8-12-6-4-5-7-13(12)11(16)3/h4-7,10-11H,8-9H2,1-3H3,(H,15,17). The van der Waals surface area contributed by atoms with Gasteiger partial charge in [-0.2, -0.15) is 0 Å². The zero-order valence-electron chi connectivity index (χ0n) is 10.7. The van der Waals surface area contributed by atoms with Crippen LogP contribution in [0.1, 0.15) is 37.9 Å². The van der Waals surface area contributed by atoms with E-state index < -0.39 is 0 Å². The van der Waals surface area contributed by atoms with Crippen molar-refractivity contribution in [3.05, 3.63) is 35.4 Å². The van der Waals surface area contributed by atoms with Crippen molar-refractivity contribution < 1.29 is 4.79 Å². The van der Waals surface area contributed by atoms with Gasteiger partial charge in [-0.15, -0.1) is 0 Å². The number of carbonyl (C=O) groups is 1. The molecule has 1 aromatic rings. The molecule has 0 fully saturated rings. The van der Waals surface area contributed by atoms with Gasteiger partial charge in [-0.05, 0) is 38.3 Å². The fourth-order valence-electron chi connectivity index (χ4n) is 2.38. The van der Waals surface area contributed by atoms with E-state index in [9.17, 15) is 4.79 Å². The van der Waals surface area contributed by atoms with Crippen molar-refractivity contribution >= 4 is 6.03 Å². The quantitative estimate of drug-likeness (QED) is 0.793. The van der Waals surface area contributed by atoms with E-state index in [1.54, 1.807) is 0 Å². The molecule has 3 heteroatoms. The number of urea groups is 1. The molecule has 0 aromatic heterocycles. The van der Waals surface area contributed by atoms with Crippen LogP contribution < -0.4 is 5.32 Å². The average molecular weight is 232 g/mol. The molecule has 1 unspecified atom stereocenters. The minimum absolute atomic E-state index is 0.0435. The molecule has 17 heavy (non-hydrogen) atoms. The first-order valence-electron chi connectivity index (χ1n) is 6.24. The second-order valence-electron chi connectivity index (χ2n) is 4.92. The van der Waals surface area contributed by atoms with Gasteiger partial charge < -0.3 is 10.2 Å². The van der Waals surface area contributed by atoms with Crippen LogP contribution in [0.5, 0.6) is 0 Å². The van der Waals surface area contributed by atoms with Crippen molar-refractivity contribution in [2.24, 2.45) is 0 Å². The normalized spacial score (nSPS) is 19.1. The molecule has 92 valence electrons. The average Bonchev–Trinajstić information content (AvgIpc) is 2.28. The molecule has 0 bridgehead atoms. The van der Waals surface area contributed by atoms with E-state index >= 15 is 0 Å². The lowest BCUT2D eigenvalue weighted by atomic mass is 9.94. The van der Waals surface area contributed by atoms with Crippen molar-refractivity contribution in [1.82, 2.24) is 10.2 Å². The van der Waals surface area contributed by atoms with Crippen LogP contribution in [0.15, 0.2) is 24.3 Å². The van der Waals surface area contributed by atoms with Gasteiger partial charge in [-0.1, -0.05) is 24.3 Å². The Kier molecular flexibility index (Phi) is 3.36. The Balaban J connectivity index is 2.17. The van der Waals surface area contributed by atoms with Crippen LogP contribution in [0.25, 0.3) is 0 Å². The van der Waals surface area contributed by atoms with Gasteiger partial charge in [0, 0.05) is 12.6 Å². The highest BCUT2D eigenvalue weighted by molar-refractivity contribution is 5.75. The molecule has 1 aromatic carbocycles. The molecule has 1 atom stereocenters. The number of nitrogens with one attached hydrogen (secondary N) is 1. The molecule has 1 aliphatic heterocycles. The molecule has 1 aliphatic rings. The third-order valence-corrected chi connectivity index (χ3v) is 3.27. The number of fused-ring (bicyclic) bond motifs is 1. The van der Waals surface area contributed by atoms with Gasteiger partial charge in [0.25, 0.3) is 0 Å². The lowest BCUT2D eigenvalue weighted by Gasteiger charge is -2.35. The summed E-state index contributed by atoms with van der Waals surface area (Å²) in [7, 11) is 0. The SMILES string of the molecule is CC(C)NC(=O)N1CCc2ccccc2C1C. The van der Waals surface area contributed by atoms with Gasteiger partial charge in [-0.3, -0.25) is 0 Å². The number of hydrogen-bond acceptors (Lipinski definition) is 1. The van der Waals surface area contributed by atoms with E-state index in [0.29, 0.717) is 0 Å². The molecule has 0 saturated carbocycles. The Hall–Kier alpha value is -1.51. The summed E-state index contributed by atoms with van der Waals surface area (Å²) >= 11 is 0. The monoisotopic (exact) mass is 232 g/mol. The highest BCUT2D eigenvalue weighted by Gasteiger charge is 2.27. The number of nitrogens with zero attached hydrogens (tertiary/aromatic N) is 1. The Labute approximate surface area is 103 Å². The fourth-order valence-corrected chi connectivity index (χ4v) is 2.38. The van der Waals surface area contributed by atoms with Crippen LogP contribution in [0.4, 0.5) is 4.79 Å². The van der Waals surface area contributed by atoms with Crippen molar-refractivity contribution in [1.29, 1.82) is 0 Å². The summed E-state index contributed by atoms with van der Waals surface area (Å²) in [5.74, 6) is 0. The zero-order chi connectivity index (χ0) is 12.4. The number of rotatable bonds is 1. The number of benzene rings is 1. The molecular weight excluding hydrogens is 212 g/mol. The summed E-state index contributed by atoms with van der Waals surface area (Å²) in [6.45, 7) is 6.87. The van der Waals surface area contributed by atoms with Crippen molar-refractivity contribution in [2.75, 3.05) is 6.54 Å². The summed E-state index contributed by atoms with van der Waals surface area (Å²) in [5, 5.41) is 2.96. The summed E-state index contributed by atoms with van der Waals surface area (Å²) < 4.78 is 0. The summed E-state index contributed by atoms with van der Waals surface area (Å²) in [5.41, 5.74) is 2.64. The molecule has 1 N–H and O–H groups in total. The van der Waals surface area contributed by atoms with E-state index in [1.165, 1.54) is 11.1 Å². The smallest absolute Gasteiger partial charge is 0.318 e. The number of hydrogen-bond donors (Lipinski definition) is 1. The minimum Gasteiger partial charge on any atom is -0.336 e. The second-order valence-corrected chi connectivity index (χ2v) is 4.92. The van der Waals surface area contributed by atoms with E-state index in [2.05, 4.69) is 30.4 Å². The van der Waals surface area contributed by atoms with Gasteiger partial charge >= 0.3 is 6.03 Å². The molecule has 0 spiro atoms. The molecule has 2 rings (SSSR count). The Bertz CT molecular complexity index is 414. The molecule has 0 radical (unpaired) electrons. The highest BCUT2D eigenvalue weighted by atomic mass is 16.2. The van der Waals surface area contributed by atoms with Crippen LogP contribution in [0, 0.1) is 0 Å².